The average molecular weight is 311 g/mol. The predicted molar refractivity (Wildman–Crippen MR) is 79.4 cm³/mol. The molecule has 2 aromatic carbocycles. The van der Waals surface area contributed by atoms with Crippen LogP contribution in [0.15, 0.2) is 36.4 Å². The zero-order valence-electron chi connectivity index (χ0n) is 11.8. The Morgan fingerprint density at radius 1 is 1.24 bits per heavy atom. The summed E-state index contributed by atoms with van der Waals surface area (Å²) in [6.07, 6.45) is -0.686. The molecule has 0 fully saturated rings. The van der Waals surface area contributed by atoms with Crippen molar-refractivity contribution in [1.82, 2.24) is 0 Å². The lowest BCUT2D eigenvalue weighted by atomic mass is 10.1. The van der Waals surface area contributed by atoms with E-state index in [0.717, 1.165) is 0 Å². The first-order chi connectivity index (χ1) is 10.0. The summed E-state index contributed by atoms with van der Waals surface area (Å²) in [5.41, 5.74) is 1.17. The number of aliphatic hydroxyl groups is 1. The van der Waals surface area contributed by atoms with Gasteiger partial charge < -0.3 is 14.6 Å². The molecule has 112 valence electrons. The standard InChI is InChI=1S/C16H16ClFO3/c1-10(19)14-5-4-13(20-2)8-16(14)21-9-11-7-12(18)3-6-15(11)17/h3-8,10,19H,9H2,1-2H3/t10-/m0/s1. The molecule has 1 N–H and O–H groups in total. The van der Waals surface area contributed by atoms with E-state index in [4.69, 9.17) is 21.1 Å². The van der Waals surface area contributed by atoms with Gasteiger partial charge >= 0.3 is 0 Å². The van der Waals surface area contributed by atoms with Crippen LogP contribution >= 0.6 is 11.6 Å². The van der Waals surface area contributed by atoms with Crippen LogP contribution in [0.1, 0.15) is 24.2 Å². The second-order valence-corrected chi connectivity index (χ2v) is 5.01. The second kappa shape index (κ2) is 6.78. The van der Waals surface area contributed by atoms with Crippen molar-refractivity contribution in [1.29, 1.82) is 0 Å². The fourth-order valence-electron chi connectivity index (χ4n) is 1.92. The minimum atomic E-state index is -0.686. The Morgan fingerprint density at radius 2 is 2.00 bits per heavy atom. The minimum absolute atomic E-state index is 0.101. The van der Waals surface area contributed by atoms with Gasteiger partial charge in [0.25, 0.3) is 0 Å². The van der Waals surface area contributed by atoms with Crippen LogP contribution in [0, 0.1) is 5.82 Å². The van der Waals surface area contributed by atoms with Gasteiger partial charge in [0, 0.05) is 22.2 Å². The molecule has 2 aromatic rings. The predicted octanol–water partition coefficient (Wildman–Crippen LogP) is 4.12. The summed E-state index contributed by atoms with van der Waals surface area (Å²) in [5, 5.41) is 10.2. The highest BCUT2D eigenvalue weighted by molar-refractivity contribution is 6.31. The van der Waals surface area contributed by atoms with E-state index in [2.05, 4.69) is 0 Å². The van der Waals surface area contributed by atoms with E-state index >= 15 is 0 Å². The summed E-state index contributed by atoms with van der Waals surface area (Å²) in [6.45, 7) is 1.74. The normalized spacial score (nSPS) is 12.0. The molecule has 3 nitrogen and oxygen atoms in total. The first-order valence-electron chi connectivity index (χ1n) is 6.44. The fourth-order valence-corrected chi connectivity index (χ4v) is 2.09. The van der Waals surface area contributed by atoms with Gasteiger partial charge in [0.05, 0.1) is 13.2 Å². The van der Waals surface area contributed by atoms with Crippen LogP contribution in [0.4, 0.5) is 4.39 Å². The van der Waals surface area contributed by atoms with Crippen LogP contribution in [0.25, 0.3) is 0 Å². The van der Waals surface area contributed by atoms with Crippen molar-refractivity contribution < 1.29 is 19.0 Å². The van der Waals surface area contributed by atoms with E-state index in [1.54, 1.807) is 32.2 Å². The van der Waals surface area contributed by atoms with E-state index in [1.165, 1.54) is 18.2 Å². The van der Waals surface area contributed by atoms with Crippen LogP contribution in [0.2, 0.25) is 5.02 Å². The van der Waals surface area contributed by atoms with Gasteiger partial charge in [-0.25, -0.2) is 4.39 Å². The maximum absolute atomic E-state index is 13.2. The molecule has 2 rings (SSSR count). The number of halogens is 2. The molecule has 0 aliphatic heterocycles. The third-order valence-corrected chi connectivity index (χ3v) is 3.43. The third-order valence-electron chi connectivity index (χ3n) is 3.06. The molecule has 0 aromatic heterocycles. The summed E-state index contributed by atoms with van der Waals surface area (Å²) in [4.78, 5) is 0. The van der Waals surface area contributed by atoms with Crippen LogP contribution < -0.4 is 9.47 Å². The lowest BCUT2D eigenvalue weighted by molar-refractivity contribution is 0.190. The largest absolute Gasteiger partial charge is 0.497 e. The number of benzene rings is 2. The number of hydrogen-bond acceptors (Lipinski definition) is 3. The maximum atomic E-state index is 13.2. The monoisotopic (exact) mass is 310 g/mol. The number of aliphatic hydroxyl groups excluding tert-OH is 1. The Bertz CT molecular complexity index is 629. The molecule has 0 radical (unpaired) electrons. The van der Waals surface area contributed by atoms with E-state index in [-0.39, 0.29) is 12.4 Å². The molecule has 0 saturated carbocycles. The molecule has 0 amide bonds. The van der Waals surface area contributed by atoms with Gasteiger partial charge in [-0.3, -0.25) is 0 Å². The van der Waals surface area contributed by atoms with Crippen molar-refractivity contribution >= 4 is 11.6 Å². The molecule has 0 aliphatic carbocycles. The Morgan fingerprint density at radius 3 is 2.67 bits per heavy atom. The zero-order valence-corrected chi connectivity index (χ0v) is 12.5. The molecule has 0 bridgehead atoms. The summed E-state index contributed by atoms with van der Waals surface area (Å²) < 4.78 is 24.0. The van der Waals surface area contributed by atoms with Crippen molar-refractivity contribution in [2.45, 2.75) is 19.6 Å². The molecule has 21 heavy (non-hydrogen) atoms. The van der Waals surface area contributed by atoms with Crippen molar-refractivity contribution in [3.63, 3.8) is 0 Å². The van der Waals surface area contributed by atoms with Gasteiger partial charge in [0.1, 0.15) is 23.9 Å². The SMILES string of the molecule is COc1ccc([C@H](C)O)c(OCc2cc(F)ccc2Cl)c1. The fraction of sp³-hybridized carbons (Fsp3) is 0.250. The Hall–Kier alpha value is -1.78. The first kappa shape index (κ1) is 15.6. The van der Waals surface area contributed by atoms with Crippen molar-refractivity contribution in [3.05, 3.63) is 58.4 Å². The van der Waals surface area contributed by atoms with Crippen LogP contribution in [-0.4, -0.2) is 12.2 Å². The van der Waals surface area contributed by atoms with Gasteiger partial charge in [0.2, 0.25) is 0 Å². The molecule has 0 aliphatic rings. The van der Waals surface area contributed by atoms with E-state index in [1.807, 2.05) is 0 Å². The van der Waals surface area contributed by atoms with Crippen LogP contribution in [0.3, 0.4) is 0 Å². The zero-order chi connectivity index (χ0) is 15.4. The van der Waals surface area contributed by atoms with Crippen molar-refractivity contribution in [2.75, 3.05) is 7.11 Å². The Balaban J connectivity index is 2.24. The number of ether oxygens (including phenoxy) is 2. The molecule has 5 heteroatoms. The van der Waals surface area contributed by atoms with E-state index < -0.39 is 6.10 Å². The lowest BCUT2D eigenvalue weighted by Gasteiger charge is -2.15. The lowest BCUT2D eigenvalue weighted by Crippen LogP contribution is -2.02. The van der Waals surface area contributed by atoms with Crippen molar-refractivity contribution in [2.24, 2.45) is 0 Å². The molecule has 0 heterocycles. The highest BCUT2D eigenvalue weighted by atomic mass is 35.5. The van der Waals surface area contributed by atoms with Gasteiger partial charge in [-0.15, -0.1) is 0 Å². The quantitative estimate of drug-likeness (QED) is 0.903. The van der Waals surface area contributed by atoms with Gasteiger partial charge in [-0.2, -0.15) is 0 Å². The van der Waals surface area contributed by atoms with Crippen molar-refractivity contribution in [3.8, 4) is 11.5 Å². The van der Waals surface area contributed by atoms with Gasteiger partial charge in [-0.05, 0) is 37.3 Å². The molecular weight excluding hydrogens is 295 g/mol. The average Bonchev–Trinajstić information content (AvgIpc) is 2.47. The maximum Gasteiger partial charge on any atom is 0.129 e. The van der Waals surface area contributed by atoms with Crippen LogP contribution in [0.5, 0.6) is 11.5 Å². The highest BCUT2D eigenvalue weighted by Gasteiger charge is 2.12. The summed E-state index contributed by atoms with van der Waals surface area (Å²) in [6, 6.07) is 9.24. The van der Waals surface area contributed by atoms with Gasteiger partial charge in [0.15, 0.2) is 0 Å². The minimum Gasteiger partial charge on any atom is -0.497 e. The molecule has 0 spiro atoms. The Labute approximate surface area is 127 Å². The van der Waals surface area contributed by atoms with Crippen LogP contribution in [-0.2, 0) is 6.61 Å². The topological polar surface area (TPSA) is 38.7 Å². The molecule has 0 saturated heterocycles. The first-order valence-corrected chi connectivity index (χ1v) is 6.81. The summed E-state index contributed by atoms with van der Waals surface area (Å²) in [5.74, 6) is 0.712. The smallest absolute Gasteiger partial charge is 0.129 e. The van der Waals surface area contributed by atoms with Gasteiger partial charge in [-0.1, -0.05) is 11.6 Å². The molecule has 1 atom stereocenters. The number of methoxy groups -OCH3 is 1. The van der Waals surface area contributed by atoms with E-state index in [0.29, 0.717) is 27.6 Å². The molecular formula is C16H16ClFO3. The third kappa shape index (κ3) is 3.86. The highest BCUT2D eigenvalue weighted by Crippen LogP contribution is 2.30. The number of hydrogen-bond donors (Lipinski definition) is 1. The second-order valence-electron chi connectivity index (χ2n) is 4.60. The summed E-state index contributed by atoms with van der Waals surface area (Å²) in [7, 11) is 1.55. The van der Waals surface area contributed by atoms with E-state index in [9.17, 15) is 9.50 Å². The summed E-state index contributed by atoms with van der Waals surface area (Å²) >= 11 is 6.00. The Kier molecular flexibility index (Phi) is 5.04. The molecule has 0 unspecified atom stereocenters. The number of rotatable bonds is 5.